The van der Waals surface area contributed by atoms with Crippen molar-refractivity contribution in [3.8, 4) is 5.75 Å². The Morgan fingerprint density at radius 1 is 1.04 bits per heavy atom. The smallest absolute Gasteiger partial charge is 0.408 e. The molecule has 0 aliphatic heterocycles. The summed E-state index contributed by atoms with van der Waals surface area (Å²) in [6.45, 7) is 5.82. The Morgan fingerprint density at radius 2 is 1.69 bits per heavy atom. The third-order valence-electron chi connectivity index (χ3n) is 3.49. The van der Waals surface area contributed by atoms with Crippen molar-refractivity contribution in [3.63, 3.8) is 0 Å². The second-order valence-corrected chi connectivity index (χ2v) is 7.01. The van der Waals surface area contributed by atoms with Crippen LogP contribution in [-0.4, -0.2) is 24.0 Å². The van der Waals surface area contributed by atoms with Gasteiger partial charge in [0.15, 0.2) is 0 Å². The molecule has 0 heterocycles. The van der Waals surface area contributed by atoms with Crippen molar-refractivity contribution in [1.82, 2.24) is 5.32 Å². The molecule has 0 aliphatic carbocycles. The zero-order chi connectivity index (χ0) is 19.0. The fraction of sp³-hybridized carbons (Fsp3) is 0.333. The van der Waals surface area contributed by atoms with Crippen LogP contribution < -0.4 is 10.1 Å². The Morgan fingerprint density at radius 3 is 2.27 bits per heavy atom. The molecule has 0 aromatic heterocycles. The van der Waals surface area contributed by atoms with E-state index in [4.69, 9.17) is 9.47 Å². The summed E-state index contributed by atoms with van der Waals surface area (Å²) in [5.41, 5.74) is 1.42. The molecule has 0 radical (unpaired) electrons. The van der Waals surface area contributed by atoms with Crippen molar-refractivity contribution in [2.45, 2.75) is 45.4 Å². The summed E-state index contributed by atoms with van der Waals surface area (Å²) in [7, 11) is 0. The normalized spacial score (nSPS) is 12.1. The summed E-state index contributed by atoms with van der Waals surface area (Å²) in [6, 6.07) is 16.8. The maximum atomic E-state index is 11.8. The van der Waals surface area contributed by atoms with Crippen LogP contribution in [0.4, 0.5) is 4.79 Å². The van der Waals surface area contributed by atoms with Gasteiger partial charge in [0.2, 0.25) is 0 Å². The molecule has 0 spiro atoms. The van der Waals surface area contributed by atoms with E-state index in [1.807, 2.05) is 54.6 Å². The third-order valence-corrected chi connectivity index (χ3v) is 3.49. The van der Waals surface area contributed by atoms with Crippen LogP contribution in [-0.2, 0) is 22.6 Å². The summed E-state index contributed by atoms with van der Waals surface area (Å²) in [5.74, 6) is 0.750. The van der Waals surface area contributed by atoms with E-state index in [0.717, 1.165) is 16.9 Å². The monoisotopic (exact) mass is 355 g/mol. The van der Waals surface area contributed by atoms with Crippen LogP contribution in [0.25, 0.3) is 0 Å². The zero-order valence-corrected chi connectivity index (χ0v) is 15.4. The molecule has 0 aliphatic rings. The fourth-order valence-corrected chi connectivity index (χ4v) is 2.31. The highest BCUT2D eigenvalue weighted by Crippen LogP contribution is 2.15. The second-order valence-electron chi connectivity index (χ2n) is 7.01. The number of nitrogens with one attached hydrogen (secondary N) is 1. The molecule has 1 atom stereocenters. The number of benzene rings is 2. The molecule has 5 nitrogen and oxygen atoms in total. The van der Waals surface area contributed by atoms with E-state index >= 15 is 0 Å². The van der Waals surface area contributed by atoms with Gasteiger partial charge in [0.1, 0.15) is 24.2 Å². The van der Waals surface area contributed by atoms with Crippen molar-refractivity contribution >= 4 is 12.4 Å². The van der Waals surface area contributed by atoms with Crippen molar-refractivity contribution in [2.75, 3.05) is 0 Å². The van der Waals surface area contributed by atoms with Crippen molar-refractivity contribution in [1.29, 1.82) is 0 Å². The molecule has 1 amide bonds. The van der Waals surface area contributed by atoms with E-state index in [1.165, 1.54) is 0 Å². The average molecular weight is 355 g/mol. The molecule has 0 bridgehead atoms. The van der Waals surface area contributed by atoms with Gasteiger partial charge >= 0.3 is 6.09 Å². The summed E-state index contributed by atoms with van der Waals surface area (Å²) < 4.78 is 10.9. The molecular weight excluding hydrogens is 330 g/mol. The molecule has 26 heavy (non-hydrogen) atoms. The summed E-state index contributed by atoms with van der Waals surface area (Å²) in [5, 5.41) is 2.57. The maximum Gasteiger partial charge on any atom is 0.408 e. The van der Waals surface area contributed by atoms with Crippen LogP contribution in [0.3, 0.4) is 0 Å². The number of hydrogen-bond donors (Lipinski definition) is 1. The minimum atomic E-state index is -0.638. The van der Waals surface area contributed by atoms with Gasteiger partial charge in [0, 0.05) is 0 Å². The van der Waals surface area contributed by atoms with Gasteiger partial charge in [-0.2, -0.15) is 0 Å². The van der Waals surface area contributed by atoms with Gasteiger partial charge in [-0.1, -0.05) is 42.5 Å². The first-order valence-corrected chi connectivity index (χ1v) is 8.56. The molecule has 0 fully saturated rings. The predicted octanol–water partition coefficient (Wildman–Crippen LogP) is 3.90. The third kappa shape index (κ3) is 6.97. The molecule has 2 aromatic rings. The fourth-order valence-electron chi connectivity index (χ4n) is 2.31. The van der Waals surface area contributed by atoms with E-state index in [1.54, 1.807) is 20.8 Å². The van der Waals surface area contributed by atoms with Crippen LogP contribution in [0.5, 0.6) is 5.75 Å². The van der Waals surface area contributed by atoms with Crippen molar-refractivity contribution in [3.05, 3.63) is 65.7 Å². The van der Waals surface area contributed by atoms with E-state index in [-0.39, 0.29) is 0 Å². The number of alkyl carbamates (subject to hydrolysis) is 1. The lowest BCUT2D eigenvalue weighted by Gasteiger charge is -2.21. The minimum absolute atomic E-state index is 0.391. The average Bonchev–Trinajstić information content (AvgIpc) is 2.60. The lowest BCUT2D eigenvalue weighted by molar-refractivity contribution is -0.109. The summed E-state index contributed by atoms with van der Waals surface area (Å²) in [4.78, 5) is 23.0. The van der Waals surface area contributed by atoms with Gasteiger partial charge in [-0.05, 0) is 50.5 Å². The number of carbonyl (C=O) groups is 2. The predicted molar refractivity (Wildman–Crippen MR) is 100 cm³/mol. The van der Waals surface area contributed by atoms with E-state index in [2.05, 4.69) is 5.32 Å². The minimum Gasteiger partial charge on any atom is -0.489 e. The van der Waals surface area contributed by atoms with Gasteiger partial charge in [0.05, 0.1) is 6.04 Å². The van der Waals surface area contributed by atoms with Gasteiger partial charge in [-0.25, -0.2) is 4.79 Å². The van der Waals surface area contributed by atoms with Crippen LogP contribution >= 0.6 is 0 Å². The zero-order valence-electron chi connectivity index (χ0n) is 15.4. The Bertz CT molecular complexity index is 705. The van der Waals surface area contributed by atoms with Gasteiger partial charge < -0.3 is 19.6 Å². The maximum absolute atomic E-state index is 11.8. The topological polar surface area (TPSA) is 64.6 Å². The van der Waals surface area contributed by atoms with Crippen molar-refractivity contribution < 1.29 is 19.1 Å². The quantitative estimate of drug-likeness (QED) is 0.765. The molecule has 138 valence electrons. The number of hydrogen-bond acceptors (Lipinski definition) is 4. The first-order chi connectivity index (χ1) is 12.4. The molecule has 0 saturated heterocycles. The number of aldehydes is 1. The molecule has 0 unspecified atom stereocenters. The number of rotatable bonds is 7. The Balaban J connectivity index is 1.86. The lowest BCUT2D eigenvalue weighted by atomic mass is 10.1. The van der Waals surface area contributed by atoms with Crippen LogP contribution in [0.15, 0.2) is 54.6 Å². The van der Waals surface area contributed by atoms with Crippen LogP contribution in [0.1, 0.15) is 31.9 Å². The van der Waals surface area contributed by atoms with Crippen molar-refractivity contribution in [2.24, 2.45) is 0 Å². The molecule has 2 aromatic carbocycles. The van der Waals surface area contributed by atoms with E-state index < -0.39 is 17.7 Å². The molecule has 2 rings (SSSR count). The highest BCUT2D eigenvalue weighted by molar-refractivity contribution is 5.73. The number of ether oxygens (including phenoxy) is 2. The Kier molecular flexibility index (Phi) is 6.78. The molecule has 1 N–H and O–H groups in total. The van der Waals surface area contributed by atoms with Gasteiger partial charge in [0.25, 0.3) is 0 Å². The highest BCUT2D eigenvalue weighted by Gasteiger charge is 2.19. The number of carbonyl (C=O) groups excluding carboxylic acids is 2. The van der Waals surface area contributed by atoms with E-state index in [9.17, 15) is 9.59 Å². The lowest BCUT2D eigenvalue weighted by Crippen LogP contribution is -2.41. The largest absolute Gasteiger partial charge is 0.489 e. The van der Waals surface area contributed by atoms with Crippen LogP contribution in [0.2, 0.25) is 0 Å². The summed E-state index contributed by atoms with van der Waals surface area (Å²) in [6.07, 6.45) is 0.503. The Hall–Kier alpha value is -2.82. The van der Waals surface area contributed by atoms with Crippen LogP contribution in [0, 0.1) is 0 Å². The molecular formula is C21H25NO4. The van der Waals surface area contributed by atoms with Gasteiger partial charge in [-0.3, -0.25) is 0 Å². The molecule has 0 saturated carbocycles. The molecule has 5 heteroatoms. The summed E-state index contributed by atoms with van der Waals surface area (Å²) >= 11 is 0. The first-order valence-electron chi connectivity index (χ1n) is 8.56. The van der Waals surface area contributed by atoms with E-state index in [0.29, 0.717) is 19.3 Å². The highest BCUT2D eigenvalue weighted by atomic mass is 16.6. The first kappa shape index (κ1) is 19.5. The SMILES string of the molecule is CC(C)(C)OC(=O)N[C@@H](C=O)Cc1ccc(OCc2ccccc2)cc1. The number of amides is 1. The standard InChI is InChI=1S/C21H25NO4/c1-21(2,3)26-20(24)22-18(14-23)13-16-9-11-19(12-10-16)25-15-17-7-5-4-6-8-17/h4-12,14,18H,13,15H2,1-3H3,(H,22,24)/t18-/m1/s1. The Labute approximate surface area is 154 Å². The van der Waals surface area contributed by atoms with Gasteiger partial charge in [-0.15, -0.1) is 0 Å². The second kappa shape index (κ2) is 9.04.